The van der Waals surface area contributed by atoms with E-state index in [4.69, 9.17) is 4.74 Å². The van der Waals surface area contributed by atoms with E-state index >= 15 is 0 Å². The summed E-state index contributed by atoms with van der Waals surface area (Å²) >= 11 is 0. The highest BCUT2D eigenvalue weighted by molar-refractivity contribution is 5.42. The van der Waals surface area contributed by atoms with Crippen molar-refractivity contribution < 1.29 is 4.74 Å². The molecule has 0 aliphatic carbocycles. The molecule has 19 heavy (non-hydrogen) atoms. The normalized spacial score (nSPS) is 18.6. The Bertz CT molecular complexity index is 425. The Balaban J connectivity index is 2.24. The fraction of sp³-hybridized carbons (Fsp3) is 0.647. The van der Waals surface area contributed by atoms with Gasteiger partial charge in [0.15, 0.2) is 0 Å². The number of nitrogens with zero attached hydrogens (tertiary/aromatic N) is 1. The molecule has 1 aliphatic rings. The van der Waals surface area contributed by atoms with Crippen LogP contribution in [0.5, 0.6) is 5.75 Å². The summed E-state index contributed by atoms with van der Waals surface area (Å²) in [6.07, 6.45) is 2.52. The first-order valence-electron chi connectivity index (χ1n) is 7.29. The van der Waals surface area contributed by atoms with Crippen LogP contribution < -0.4 is 4.74 Å². The Morgan fingerprint density at radius 3 is 2.32 bits per heavy atom. The number of piperidine rings is 1. The molecule has 0 atom stereocenters. The molecule has 2 rings (SSSR count). The minimum atomic E-state index is 0.136. The van der Waals surface area contributed by atoms with Crippen LogP contribution in [0.25, 0.3) is 0 Å². The molecule has 1 saturated heterocycles. The Morgan fingerprint density at radius 1 is 1.16 bits per heavy atom. The SMILES string of the molecule is COc1cc(C2CCN(C)CC2)ccc1C(C)(C)C. The highest BCUT2D eigenvalue weighted by Crippen LogP contribution is 2.36. The van der Waals surface area contributed by atoms with E-state index in [1.54, 1.807) is 7.11 Å². The average molecular weight is 261 g/mol. The molecule has 1 aliphatic heterocycles. The van der Waals surface area contributed by atoms with E-state index in [2.05, 4.69) is 50.9 Å². The maximum atomic E-state index is 5.61. The van der Waals surface area contributed by atoms with Crippen LogP contribution in [-0.2, 0) is 5.41 Å². The number of benzene rings is 1. The molecule has 0 N–H and O–H groups in total. The van der Waals surface area contributed by atoms with E-state index in [-0.39, 0.29) is 5.41 Å². The second kappa shape index (κ2) is 5.54. The predicted octanol–water partition coefficient (Wildman–Crippen LogP) is 3.80. The smallest absolute Gasteiger partial charge is 0.122 e. The topological polar surface area (TPSA) is 12.5 Å². The third-order valence-electron chi connectivity index (χ3n) is 4.22. The van der Waals surface area contributed by atoms with Crippen LogP contribution >= 0.6 is 0 Å². The second-order valence-corrected chi connectivity index (χ2v) is 6.79. The Hall–Kier alpha value is -1.02. The largest absolute Gasteiger partial charge is 0.496 e. The summed E-state index contributed by atoms with van der Waals surface area (Å²) in [5.74, 6) is 1.74. The van der Waals surface area contributed by atoms with Crippen molar-refractivity contribution in [2.45, 2.75) is 44.9 Å². The van der Waals surface area contributed by atoms with Crippen LogP contribution in [0.1, 0.15) is 50.7 Å². The molecule has 0 aromatic heterocycles. The molecule has 0 bridgehead atoms. The van der Waals surface area contributed by atoms with Crippen molar-refractivity contribution in [3.8, 4) is 5.75 Å². The third kappa shape index (κ3) is 3.30. The highest BCUT2D eigenvalue weighted by Gasteiger charge is 2.22. The first kappa shape index (κ1) is 14.4. The number of methoxy groups -OCH3 is 1. The molecular weight excluding hydrogens is 234 g/mol. The lowest BCUT2D eigenvalue weighted by molar-refractivity contribution is 0.255. The molecule has 0 radical (unpaired) electrons. The van der Waals surface area contributed by atoms with Crippen LogP contribution in [-0.4, -0.2) is 32.1 Å². The Kier molecular flexibility index (Phi) is 4.19. The predicted molar refractivity (Wildman–Crippen MR) is 81.2 cm³/mol. The summed E-state index contributed by atoms with van der Waals surface area (Å²) in [5.41, 5.74) is 2.88. The van der Waals surface area contributed by atoms with E-state index in [9.17, 15) is 0 Å². The standard InChI is InChI=1S/C17H27NO/c1-17(2,3)15-7-6-14(12-16(15)19-5)13-8-10-18(4)11-9-13/h6-7,12-13H,8-11H2,1-5H3. The first-order valence-corrected chi connectivity index (χ1v) is 7.29. The van der Waals surface area contributed by atoms with Gasteiger partial charge in [-0.25, -0.2) is 0 Å². The van der Waals surface area contributed by atoms with Gasteiger partial charge in [-0.1, -0.05) is 32.9 Å². The average Bonchev–Trinajstić information content (AvgIpc) is 2.38. The zero-order valence-corrected chi connectivity index (χ0v) is 13.0. The molecule has 1 aromatic rings. The fourth-order valence-electron chi connectivity index (χ4n) is 2.92. The van der Waals surface area contributed by atoms with Gasteiger partial charge in [0, 0.05) is 0 Å². The van der Waals surface area contributed by atoms with Gasteiger partial charge in [-0.05, 0) is 61.5 Å². The summed E-state index contributed by atoms with van der Waals surface area (Å²) in [6, 6.07) is 6.82. The molecule has 1 heterocycles. The molecule has 0 unspecified atom stereocenters. The van der Waals surface area contributed by atoms with Crippen molar-refractivity contribution in [1.29, 1.82) is 0 Å². The molecule has 2 nitrogen and oxygen atoms in total. The number of rotatable bonds is 2. The quantitative estimate of drug-likeness (QED) is 0.803. The van der Waals surface area contributed by atoms with Gasteiger partial charge < -0.3 is 9.64 Å². The minimum absolute atomic E-state index is 0.136. The molecule has 2 heteroatoms. The van der Waals surface area contributed by atoms with Crippen molar-refractivity contribution >= 4 is 0 Å². The zero-order valence-electron chi connectivity index (χ0n) is 13.0. The summed E-state index contributed by atoms with van der Waals surface area (Å²) in [6.45, 7) is 9.11. The van der Waals surface area contributed by atoms with E-state index in [1.165, 1.54) is 37.1 Å². The highest BCUT2D eigenvalue weighted by atomic mass is 16.5. The lowest BCUT2D eigenvalue weighted by Crippen LogP contribution is -2.29. The number of hydrogen-bond donors (Lipinski definition) is 0. The summed E-state index contributed by atoms with van der Waals surface area (Å²) < 4.78 is 5.61. The maximum absolute atomic E-state index is 5.61. The summed E-state index contributed by atoms with van der Waals surface area (Å²) in [4.78, 5) is 2.41. The van der Waals surface area contributed by atoms with Crippen molar-refractivity contribution in [3.63, 3.8) is 0 Å². The summed E-state index contributed by atoms with van der Waals surface area (Å²) in [7, 11) is 3.99. The summed E-state index contributed by atoms with van der Waals surface area (Å²) in [5, 5.41) is 0. The van der Waals surface area contributed by atoms with Gasteiger partial charge >= 0.3 is 0 Å². The number of hydrogen-bond acceptors (Lipinski definition) is 2. The van der Waals surface area contributed by atoms with Gasteiger partial charge in [0.1, 0.15) is 5.75 Å². The molecule has 0 saturated carbocycles. The Morgan fingerprint density at radius 2 is 1.79 bits per heavy atom. The van der Waals surface area contributed by atoms with Crippen molar-refractivity contribution in [3.05, 3.63) is 29.3 Å². The van der Waals surface area contributed by atoms with Crippen LogP contribution in [0.2, 0.25) is 0 Å². The van der Waals surface area contributed by atoms with E-state index in [0.29, 0.717) is 5.92 Å². The van der Waals surface area contributed by atoms with Gasteiger partial charge in [-0.3, -0.25) is 0 Å². The van der Waals surface area contributed by atoms with Crippen LogP contribution in [0.3, 0.4) is 0 Å². The van der Waals surface area contributed by atoms with Crippen LogP contribution in [0, 0.1) is 0 Å². The van der Waals surface area contributed by atoms with Gasteiger partial charge in [0.05, 0.1) is 7.11 Å². The fourth-order valence-corrected chi connectivity index (χ4v) is 2.92. The van der Waals surface area contributed by atoms with Gasteiger partial charge in [-0.2, -0.15) is 0 Å². The third-order valence-corrected chi connectivity index (χ3v) is 4.22. The molecular formula is C17H27NO. The lowest BCUT2D eigenvalue weighted by atomic mass is 9.83. The van der Waals surface area contributed by atoms with Gasteiger partial charge in [-0.15, -0.1) is 0 Å². The molecule has 0 amide bonds. The van der Waals surface area contributed by atoms with Crippen molar-refractivity contribution in [2.75, 3.05) is 27.2 Å². The van der Waals surface area contributed by atoms with E-state index in [0.717, 1.165) is 5.75 Å². The Labute approximate surface area is 117 Å². The van der Waals surface area contributed by atoms with Gasteiger partial charge in [0.25, 0.3) is 0 Å². The molecule has 106 valence electrons. The van der Waals surface area contributed by atoms with Crippen molar-refractivity contribution in [2.24, 2.45) is 0 Å². The first-order chi connectivity index (χ1) is 8.91. The molecule has 1 aromatic carbocycles. The van der Waals surface area contributed by atoms with Crippen LogP contribution in [0.15, 0.2) is 18.2 Å². The van der Waals surface area contributed by atoms with Crippen molar-refractivity contribution in [1.82, 2.24) is 4.90 Å². The van der Waals surface area contributed by atoms with Gasteiger partial charge in [0.2, 0.25) is 0 Å². The molecule has 1 fully saturated rings. The minimum Gasteiger partial charge on any atom is -0.496 e. The maximum Gasteiger partial charge on any atom is 0.122 e. The number of likely N-dealkylation sites (tertiary alicyclic amines) is 1. The monoisotopic (exact) mass is 261 g/mol. The second-order valence-electron chi connectivity index (χ2n) is 6.79. The number of ether oxygens (including phenoxy) is 1. The zero-order chi connectivity index (χ0) is 14.0. The van der Waals surface area contributed by atoms with E-state index in [1.807, 2.05) is 0 Å². The van der Waals surface area contributed by atoms with Crippen LogP contribution in [0.4, 0.5) is 0 Å². The van der Waals surface area contributed by atoms with E-state index < -0.39 is 0 Å². The molecule has 0 spiro atoms. The lowest BCUT2D eigenvalue weighted by Gasteiger charge is -2.30.